The van der Waals surface area contributed by atoms with E-state index in [0.29, 0.717) is 5.92 Å². The third-order valence-corrected chi connectivity index (χ3v) is 2.93. The van der Waals surface area contributed by atoms with Gasteiger partial charge in [0, 0.05) is 6.04 Å². The van der Waals surface area contributed by atoms with E-state index in [1.54, 1.807) is 0 Å². The molecule has 1 rings (SSSR count). The van der Waals surface area contributed by atoms with Gasteiger partial charge in [0.05, 0.1) is 0 Å². The molecule has 0 aromatic heterocycles. The molecule has 0 heterocycles. The zero-order valence-electron chi connectivity index (χ0n) is 6.75. The lowest BCUT2D eigenvalue weighted by molar-refractivity contribution is 0.312. The van der Waals surface area contributed by atoms with E-state index < -0.39 is 10.9 Å². The van der Waals surface area contributed by atoms with Crippen molar-refractivity contribution in [3.05, 3.63) is 0 Å². The Bertz CT molecular complexity index is 183. The minimum Gasteiger partial charge on any atom is -0.216 e. The van der Waals surface area contributed by atoms with E-state index in [1.807, 2.05) is 0 Å². The predicted molar refractivity (Wildman–Crippen MR) is 44.9 cm³/mol. The number of rotatable bonds is 2. The molecular weight excluding hydrogens is 162 g/mol. The first-order chi connectivity index (χ1) is 5.20. The van der Waals surface area contributed by atoms with Gasteiger partial charge in [0.1, 0.15) is 0 Å². The van der Waals surface area contributed by atoms with Crippen LogP contribution >= 0.6 is 0 Å². The molecule has 4 heteroatoms. The highest BCUT2D eigenvalue weighted by molar-refractivity contribution is 7.70. The molecule has 0 spiro atoms. The zero-order valence-corrected chi connectivity index (χ0v) is 7.64. The first kappa shape index (κ1) is 9.00. The van der Waals surface area contributed by atoms with Crippen molar-refractivity contribution in [2.45, 2.75) is 38.6 Å². The topological polar surface area (TPSA) is 46.2 Å². The van der Waals surface area contributed by atoms with E-state index >= 15 is 0 Å². The fourth-order valence-electron chi connectivity index (χ4n) is 1.64. The van der Waals surface area contributed by atoms with Crippen LogP contribution in [0.15, 0.2) is 0 Å². The summed E-state index contributed by atoms with van der Waals surface area (Å²) in [6.45, 7) is 2.11. The quantitative estimate of drug-likeness (QED) is 0.609. The summed E-state index contributed by atoms with van der Waals surface area (Å²) in [4.78, 5) is 0. The number of hydrogen-bond donors (Lipinski definition) is 2. The van der Waals surface area contributed by atoms with Crippen molar-refractivity contribution in [1.29, 1.82) is 0 Å². The fraction of sp³-hybridized carbons (Fsp3) is 1.00. The molecule has 1 aliphatic carbocycles. The lowest BCUT2D eigenvalue weighted by Gasteiger charge is -2.27. The Kier molecular flexibility index (Phi) is 3.33. The minimum atomic E-state index is -2.40. The molecule has 0 saturated heterocycles. The second-order valence-corrected chi connectivity index (χ2v) is 4.03. The van der Waals surface area contributed by atoms with Crippen molar-refractivity contribution in [3.8, 4) is 0 Å². The summed E-state index contributed by atoms with van der Waals surface area (Å²) in [7, 11) is -2.40. The molecule has 1 saturated carbocycles. The minimum absolute atomic E-state index is 0.199. The summed E-state index contributed by atoms with van der Waals surface area (Å²) in [5.41, 5.74) is 0. The SMILES string of the molecule is CC1CCCCC1N[SH](=O)=O. The first-order valence-corrected chi connectivity index (χ1v) is 5.28. The molecule has 1 fully saturated rings. The normalized spacial score (nSPS) is 32.5. The third kappa shape index (κ3) is 2.79. The molecule has 66 valence electrons. The molecule has 0 aromatic carbocycles. The maximum atomic E-state index is 10.3. The maximum Gasteiger partial charge on any atom is 0.201 e. The number of hydrogen-bond acceptors (Lipinski definition) is 2. The van der Waals surface area contributed by atoms with Gasteiger partial charge in [-0.15, -0.1) is 0 Å². The van der Waals surface area contributed by atoms with Gasteiger partial charge < -0.3 is 0 Å². The van der Waals surface area contributed by atoms with Gasteiger partial charge in [0.15, 0.2) is 0 Å². The smallest absolute Gasteiger partial charge is 0.201 e. The maximum absolute atomic E-state index is 10.3. The van der Waals surface area contributed by atoms with Crippen molar-refractivity contribution in [1.82, 2.24) is 4.72 Å². The van der Waals surface area contributed by atoms with E-state index in [9.17, 15) is 8.42 Å². The molecule has 0 amide bonds. The lowest BCUT2D eigenvalue weighted by Crippen LogP contribution is -2.36. The Labute approximate surface area is 69.3 Å². The van der Waals surface area contributed by atoms with Crippen LogP contribution in [0.5, 0.6) is 0 Å². The van der Waals surface area contributed by atoms with Crippen molar-refractivity contribution < 1.29 is 8.42 Å². The molecule has 0 aliphatic heterocycles. The van der Waals surface area contributed by atoms with E-state index in [2.05, 4.69) is 11.6 Å². The molecule has 0 radical (unpaired) electrons. The van der Waals surface area contributed by atoms with Gasteiger partial charge in [-0.3, -0.25) is 0 Å². The lowest BCUT2D eigenvalue weighted by atomic mass is 9.87. The van der Waals surface area contributed by atoms with E-state index in [1.165, 1.54) is 6.42 Å². The van der Waals surface area contributed by atoms with E-state index in [0.717, 1.165) is 19.3 Å². The molecule has 2 atom stereocenters. The van der Waals surface area contributed by atoms with Crippen LogP contribution in [0.1, 0.15) is 32.6 Å². The van der Waals surface area contributed by atoms with Crippen LogP contribution in [-0.4, -0.2) is 14.5 Å². The highest BCUT2D eigenvalue weighted by atomic mass is 32.2. The summed E-state index contributed by atoms with van der Waals surface area (Å²) in [5.74, 6) is 0.511. The van der Waals surface area contributed by atoms with Gasteiger partial charge in [-0.05, 0) is 18.8 Å². The van der Waals surface area contributed by atoms with E-state index in [4.69, 9.17) is 0 Å². The largest absolute Gasteiger partial charge is 0.216 e. The monoisotopic (exact) mass is 177 g/mol. The van der Waals surface area contributed by atoms with Crippen LogP contribution in [0, 0.1) is 5.92 Å². The summed E-state index contributed by atoms with van der Waals surface area (Å²) in [6, 6.07) is 0.199. The molecule has 11 heavy (non-hydrogen) atoms. The van der Waals surface area contributed by atoms with Crippen LogP contribution in [0.4, 0.5) is 0 Å². The number of nitrogens with one attached hydrogen (secondary N) is 1. The van der Waals surface area contributed by atoms with Gasteiger partial charge in [0.2, 0.25) is 10.9 Å². The van der Waals surface area contributed by atoms with Crippen molar-refractivity contribution in [2.24, 2.45) is 5.92 Å². The molecule has 1 N–H and O–H groups in total. The van der Waals surface area contributed by atoms with Gasteiger partial charge >= 0.3 is 0 Å². The Hall–Kier alpha value is -0.0900. The van der Waals surface area contributed by atoms with Gasteiger partial charge in [-0.2, -0.15) is 0 Å². The van der Waals surface area contributed by atoms with Crippen LogP contribution in [-0.2, 0) is 10.9 Å². The summed E-state index contributed by atoms with van der Waals surface area (Å²) < 4.78 is 23.3. The van der Waals surface area contributed by atoms with Crippen molar-refractivity contribution in [2.75, 3.05) is 0 Å². The zero-order chi connectivity index (χ0) is 8.27. The molecular formula is C7H15NO2S. The molecule has 3 nitrogen and oxygen atoms in total. The van der Waals surface area contributed by atoms with Crippen LogP contribution in [0.25, 0.3) is 0 Å². The Morgan fingerprint density at radius 2 is 1.91 bits per heavy atom. The average Bonchev–Trinajstić information content (AvgIpc) is 1.93. The van der Waals surface area contributed by atoms with Gasteiger partial charge in [-0.25, -0.2) is 13.1 Å². The fourth-order valence-corrected chi connectivity index (χ4v) is 2.30. The first-order valence-electron chi connectivity index (χ1n) is 4.10. The summed E-state index contributed by atoms with van der Waals surface area (Å²) in [5, 5.41) is 0. The van der Waals surface area contributed by atoms with Crippen molar-refractivity contribution >= 4 is 10.9 Å². The summed E-state index contributed by atoms with van der Waals surface area (Å²) in [6.07, 6.45) is 4.56. The Morgan fingerprint density at radius 1 is 1.27 bits per heavy atom. The molecule has 0 aromatic rings. The standard InChI is InChI=1S/C7H15NO2S/c1-6-4-2-3-5-7(6)8-11(9)10/h6-7,11H,2-5H2,1H3,(H,8,9,10). The summed E-state index contributed by atoms with van der Waals surface area (Å²) >= 11 is 0. The van der Waals surface area contributed by atoms with Crippen LogP contribution < -0.4 is 4.72 Å². The highest BCUT2D eigenvalue weighted by Gasteiger charge is 2.20. The Balaban J connectivity index is 2.41. The van der Waals surface area contributed by atoms with Crippen LogP contribution in [0.2, 0.25) is 0 Å². The van der Waals surface area contributed by atoms with E-state index in [-0.39, 0.29) is 6.04 Å². The molecule has 2 unspecified atom stereocenters. The van der Waals surface area contributed by atoms with Crippen molar-refractivity contribution in [3.63, 3.8) is 0 Å². The second kappa shape index (κ2) is 4.07. The third-order valence-electron chi connectivity index (χ3n) is 2.38. The highest BCUT2D eigenvalue weighted by Crippen LogP contribution is 2.23. The van der Waals surface area contributed by atoms with Gasteiger partial charge in [-0.1, -0.05) is 19.8 Å². The Morgan fingerprint density at radius 3 is 2.45 bits per heavy atom. The average molecular weight is 177 g/mol. The second-order valence-electron chi connectivity index (χ2n) is 3.25. The predicted octanol–water partition coefficient (Wildman–Crippen LogP) is 0.681. The molecule has 1 aliphatic rings. The number of thiol groups is 1. The van der Waals surface area contributed by atoms with Crippen LogP contribution in [0.3, 0.4) is 0 Å². The van der Waals surface area contributed by atoms with Gasteiger partial charge in [0.25, 0.3) is 0 Å². The molecule has 0 bridgehead atoms.